The van der Waals surface area contributed by atoms with E-state index in [2.05, 4.69) is 20.8 Å². The fraction of sp³-hybridized carbons (Fsp3) is 0.304. The summed E-state index contributed by atoms with van der Waals surface area (Å²) >= 11 is 1.28. The summed E-state index contributed by atoms with van der Waals surface area (Å²) < 4.78 is 5.60. The number of likely N-dealkylation sites (tertiary alicyclic amines) is 1. The van der Waals surface area contributed by atoms with Gasteiger partial charge in [0.2, 0.25) is 5.01 Å². The van der Waals surface area contributed by atoms with Gasteiger partial charge in [-0.2, -0.15) is 0 Å². The third-order valence-electron chi connectivity index (χ3n) is 5.15. The Hall–Kier alpha value is -3.46. The van der Waals surface area contributed by atoms with E-state index >= 15 is 0 Å². The summed E-state index contributed by atoms with van der Waals surface area (Å²) in [7, 11) is 0. The molecule has 0 saturated carbocycles. The zero-order valence-electron chi connectivity index (χ0n) is 17.8. The van der Waals surface area contributed by atoms with Crippen LogP contribution in [0.3, 0.4) is 0 Å². The highest BCUT2D eigenvalue weighted by atomic mass is 32.1. The van der Waals surface area contributed by atoms with Gasteiger partial charge in [-0.05, 0) is 44.0 Å². The predicted octanol–water partition coefficient (Wildman–Crippen LogP) is 4.60. The number of hydrogen-bond donors (Lipinski definition) is 2. The number of urea groups is 1. The lowest BCUT2D eigenvalue weighted by molar-refractivity contribution is 0.102. The molecule has 1 atom stereocenters. The maximum Gasteiger partial charge on any atom is 0.321 e. The molecule has 1 fully saturated rings. The number of hydrogen-bond acceptors (Lipinski definition) is 6. The normalized spacial score (nSPS) is 15.8. The molecular formula is C23H25N5O3S. The van der Waals surface area contributed by atoms with Crippen molar-refractivity contribution in [3.8, 4) is 5.75 Å². The summed E-state index contributed by atoms with van der Waals surface area (Å²) in [5.74, 6) is 0.417. The number of para-hydroxylation sites is 3. The minimum absolute atomic E-state index is 0.0485. The Morgan fingerprint density at radius 1 is 1.09 bits per heavy atom. The summed E-state index contributed by atoms with van der Waals surface area (Å²) in [4.78, 5) is 27.1. The van der Waals surface area contributed by atoms with Crippen molar-refractivity contribution in [2.75, 3.05) is 30.3 Å². The monoisotopic (exact) mass is 451 g/mol. The van der Waals surface area contributed by atoms with E-state index in [4.69, 9.17) is 4.74 Å². The van der Waals surface area contributed by atoms with Crippen LogP contribution in [-0.4, -0.2) is 46.7 Å². The molecule has 0 radical (unpaired) electrons. The fourth-order valence-electron chi connectivity index (χ4n) is 3.61. The van der Waals surface area contributed by atoms with Gasteiger partial charge in [0.25, 0.3) is 5.91 Å². The molecule has 9 heteroatoms. The molecular weight excluding hydrogens is 426 g/mol. The number of amides is 3. The van der Waals surface area contributed by atoms with Crippen LogP contribution in [-0.2, 0) is 0 Å². The first-order valence-electron chi connectivity index (χ1n) is 10.6. The first-order valence-corrected chi connectivity index (χ1v) is 11.4. The van der Waals surface area contributed by atoms with Crippen molar-refractivity contribution in [1.82, 2.24) is 15.1 Å². The number of rotatable bonds is 6. The Kier molecular flexibility index (Phi) is 6.96. The van der Waals surface area contributed by atoms with Crippen molar-refractivity contribution < 1.29 is 14.3 Å². The highest BCUT2D eigenvalue weighted by molar-refractivity contribution is 7.13. The Balaban J connectivity index is 1.39. The number of benzene rings is 2. The van der Waals surface area contributed by atoms with Gasteiger partial charge < -0.3 is 20.3 Å². The molecule has 1 aliphatic rings. The van der Waals surface area contributed by atoms with E-state index in [9.17, 15) is 9.59 Å². The lowest BCUT2D eigenvalue weighted by atomic mass is 9.99. The van der Waals surface area contributed by atoms with Gasteiger partial charge >= 0.3 is 6.03 Å². The van der Waals surface area contributed by atoms with E-state index in [1.165, 1.54) is 11.3 Å². The molecule has 2 aromatic carbocycles. The van der Waals surface area contributed by atoms with Crippen molar-refractivity contribution in [2.45, 2.75) is 25.7 Å². The molecule has 8 nitrogen and oxygen atoms in total. The van der Waals surface area contributed by atoms with Crippen molar-refractivity contribution in [2.24, 2.45) is 0 Å². The summed E-state index contributed by atoms with van der Waals surface area (Å²) in [5, 5.41) is 15.2. The van der Waals surface area contributed by atoms with E-state index in [0.29, 0.717) is 41.8 Å². The average Bonchev–Trinajstić information content (AvgIpc) is 3.32. The van der Waals surface area contributed by atoms with Gasteiger partial charge in [0.1, 0.15) is 10.8 Å². The molecule has 0 spiro atoms. The van der Waals surface area contributed by atoms with Crippen LogP contribution in [0.1, 0.15) is 40.5 Å². The summed E-state index contributed by atoms with van der Waals surface area (Å²) in [6.45, 7) is 3.62. The molecule has 1 aromatic heterocycles. The largest absolute Gasteiger partial charge is 0.492 e. The van der Waals surface area contributed by atoms with Crippen LogP contribution in [0.2, 0.25) is 0 Å². The quantitative estimate of drug-likeness (QED) is 0.571. The van der Waals surface area contributed by atoms with E-state index in [0.717, 1.165) is 17.8 Å². The average molecular weight is 452 g/mol. The minimum Gasteiger partial charge on any atom is -0.492 e. The molecule has 32 heavy (non-hydrogen) atoms. The van der Waals surface area contributed by atoms with Crippen LogP contribution in [0.25, 0.3) is 0 Å². The number of piperidine rings is 1. The Labute approximate surface area is 190 Å². The van der Waals surface area contributed by atoms with E-state index < -0.39 is 0 Å². The van der Waals surface area contributed by atoms with Gasteiger partial charge in [0.15, 0.2) is 0 Å². The first kappa shape index (κ1) is 21.8. The third kappa shape index (κ3) is 5.23. The van der Waals surface area contributed by atoms with E-state index in [-0.39, 0.29) is 17.9 Å². The summed E-state index contributed by atoms with van der Waals surface area (Å²) in [5.41, 5.74) is 1.36. The number of nitrogens with one attached hydrogen (secondary N) is 2. The van der Waals surface area contributed by atoms with Gasteiger partial charge in [-0.1, -0.05) is 41.7 Å². The van der Waals surface area contributed by atoms with Gasteiger partial charge in [0, 0.05) is 24.7 Å². The molecule has 1 saturated heterocycles. The number of nitrogens with zero attached hydrogens (tertiary/aromatic N) is 3. The molecule has 3 aromatic rings. The topological polar surface area (TPSA) is 96.4 Å². The standard InChI is InChI=1S/C23H25N5O3S/c1-2-31-19-13-7-6-12-18(19)25-23(30)28-14-8-9-16(15-28)21-26-27-22(32-21)20(29)24-17-10-4-3-5-11-17/h3-7,10-13,16H,2,8-9,14-15H2,1H3,(H,24,29)(H,25,30)/t16-/m0/s1. The minimum atomic E-state index is -0.280. The maximum absolute atomic E-state index is 12.9. The zero-order chi connectivity index (χ0) is 22.3. The lowest BCUT2D eigenvalue weighted by Crippen LogP contribution is -2.41. The van der Waals surface area contributed by atoms with E-state index in [1.54, 1.807) is 4.90 Å². The Bertz CT molecular complexity index is 1070. The summed E-state index contributed by atoms with van der Waals surface area (Å²) in [6, 6.07) is 16.5. The summed E-state index contributed by atoms with van der Waals surface area (Å²) in [6.07, 6.45) is 1.75. The SMILES string of the molecule is CCOc1ccccc1NC(=O)N1CCC[C@H](c2nnc(C(=O)Nc3ccccc3)s2)C1. The smallest absolute Gasteiger partial charge is 0.321 e. The van der Waals surface area contributed by atoms with Crippen LogP contribution in [0.4, 0.5) is 16.2 Å². The van der Waals surface area contributed by atoms with Gasteiger partial charge in [-0.15, -0.1) is 10.2 Å². The van der Waals surface area contributed by atoms with Gasteiger partial charge in [-0.3, -0.25) is 4.79 Å². The van der Waals surface area contributed by atoms with Crippen molar-refractivity contribution in [3.63, 3.8) is 0 Å². The fourth-order valence-corrected chi connectivity index (χ4v) is 4.47. The highest BCUT2D eigenvalue weighted by Crippen LogP contribution is 2.30. The maximum atomic E-state index is 12.9. The molecule has 166 valence electrons. The van der Waals surface area contributed by atoms with E-state index in [1.807, 2.05) is 61.5 Å². The van der Waals surface area contributed by atoms with Crippen LogP contribution in [0.5, 0.6) is 5.75 Å². The van der Waals surface area contributed by atoms with Crippen molar-refractivity contribution in [3.05, 3.63) is 64.6 Å². The van der Waals surface area contributed by atoms with Crippen molar-refractivity contribution >= 4 is 34.6 Å². The predicted molar refractivity (Wildman–Crippen MR) is 124 cm³/mol. The molecule has 0 aliphatic carbocycles. The van der Waals surface area contributed by atoms with Gasteiger partial charge in [-0.25, -0.2) is 4.79 Å². The first-order chi connectivity index (χ1) is 15.6. The second-order valence-electron chi connectivity index (χ2n) is 7.41. The van der Waals surface area contributed by atoms with Gasteiger partial charge in [0.05, 0.1) is 12.3 Å². The Morgan fingerprint density at radius 2 is 1.88 bits per heavy atom. The lowest BCUT2D eigenvalue weighted by Gasteiger charge is -2.31. The number of carbonyl (C=O) groups is 2. The second kappa shape index (κ2) is 10.2. The van der Waals surface area contributed by atoms with Crippen LogP contribution in [0, 0.1) is 0 Å². The Morgan fingerprint density at radius 3 is 2.69 bits per heavy atom. The highest BCUT2D eigenvalue weighted by Gasteiger charge is 2.28. The third-order valence-corrected chi connectivity index (χ3v) is 6.24. The number of ether oxygens (including phenoxy) is 1. The molecule has 2 heterocycles. The zero-order valence-corrected chi connectivity index (χ0v) is 18.6. The van der Waals surface area contributed by atoms with Crippen molar-refractivity contribution in [1.29, 1.82) is 0 Å². The molecule has 2 N–H and O–H groups in total. The molecule has 0 unspecified atom stereocenters. The van der Waals surface area contributed by atoms with Crippen LogP contribution < -0.4 is 15.4 Å². The number of aromatic nitrogens is 2. The van der Waals surface area contributed by atoms with Crippen LogP contribution >= 0.6 is 11.3 Å². The van der Waals surface area contributed by atoms with Crippen LogP contribution in [0.15, 0.2) is 54.6 Å². The second-order valence-corrected chi connectivity index (χ2v) is 8.42. The molecule has 4 rings (SSSR count). The number of anilines is 2. The molecule has 3 amide bonds. The number of carbonyl (C=O) groups excluding carboxylic acids is 2. The molecule has 1 aliphatic heterocycles. The molecule has 0 bridgehead atoms.